The van der Waals surface area contributed by atoms with Gasteiger partial charge >= 0.3 is 5.97 Å². The minimum Gasteiger partial charge on any atom is -0.481 e. The van der Waals surface area contributed by atoms with E-state index in [0.29, 0.717) is 29.3 Å². The number of nitrogens with zero attached hydrogens (tertiary/aromatic N) is 1. The average Bonchev–Trinajstić information content (AvgIpc) is 2.46. The number of rotatable bonds is 3. The van der Waals surface area contributed by atoms with Crippen LogP contribution in [-0.2, 0) is 4.79 Å². The van der Waals surface area contributed by atoms with E-state index < -0.39 is 11.9 Å². The Bertz CT molecular complexity index is 585. The first kappa shape index (κ1) is 16.8. The van der Waals surface area contributed by atoms with E-state index in [-0.39, 0.29) is 18.5 Å². The van der Waals surface area contributed by atoms with Gasteiger partial charge in [0.15, 0.2) is 0 Å². The molecule has 1 aromatic rings. The number of hydrogen-bond acceptors (Lipinski definition) is 2. The predicted molar refractivity (Wildman–Crippen MR) is 86.4 cm³/mol. The zero-order chi connectivity index (χ0) is 16.4. The van der Waals surface area contributed by atoms with Crippen molar-refractivity contribution < 1.29 is 14.7 Å². The van der Waals surface area contributed by atoms with Gasteiger partial charge in [0.25, 0.3) is 5.91 Å². The van der Waals surface area contributed by atoms with Crippen molar-refractivity contribution in [3.63, 3.8) is 0 Å². The molecule has 1 N–H and O–H groups in total. The fourth-order valence-electron chi connectivity index (χ4n) is 2.89. The van der Waals surface area contributed by atoms with Crippen molar-refractivity contribution in [2.75, 3.05) is 6.54 Å². The lowest BCUT2D eigenvalue weighted by Crippen LogP contribution is -2.47. The third-order valence-corrected chi connectivity index (χ3v) is 4.69. The van der Waals surface area contributed by atoms with Crippen LogP contribution < -0.4 is 0 Å². The van der Waals surface area contributed by atoms with Crippen molar-refractivity contribution in [2.24, 2.45) is 5.92 Å². The lowest BCUT2D eigenvalue weighted by molar-refractivity contribution is -0.143. The van der Waals surface area contributed by atoms with Gasteiger partial charge in [0.1, 0.15) is 0 Å². The van der Waals surface area contributed by atoms with E-state index in [0.717, 1.165) is 5.56 Å². The summed E-state index contributed by atoms with van der Waals surface area (Å²) in [5.41, 5.74) is 1.53. The molecule has 5 heteroatoms. The van der Waals surface area contributed by atoms with Crippen LogP contribution in [0.3, 0.4) is 0 Å². The summed E-state index contributed by atoms with van der Waals surface area (Å²) < 4.78 is 0. The van der Waals surface area contributed by atoms with Crippen LogP contribution in [0.2, 0.25) is 5.02 Å². The number of carboxylic acids is 1. The van der Waals surface area contributed by atoms with Gasteiger partial charge in [-0.25, -0.2) is 0 Å². The van der Waals surface area contributed by atoms with Gasteiger partial charge in [-0.1, -0.05) is 31.5 Å². The van der Waals surface area contributed by atoms with Crippen molar-refractivity contribution >= 4 is 23.5 Å². The molecule has 1 saturated heterocycles. The average molecular weight is 324 g/mol. The Morgan fingerprint density at radius 2 is 2.00 bits per heavy atom. The highest BCUT2D eigenvalue weighted by Gasteiger charge is 2.33. The molecule has 2 atom stereocenters. The molecular formula is C17H22ClNO3. The van der Waals surface area contributed by atoms with Crippen LogP contribution in [0.4, 0.5) is 0 Å². The van der Waals surface area contributed by atoms with Crippen LogP contribution in [0.25, 0.3) is 0 Å². The van der Waals surface area contributed by atoms with Gasteiger partial charge in [0.05, 0.1) is 5.92 Å². The number of hydrogen-bond donors (Lipinski definition) is 1. The Morgan fingerprint density at radius 3 is 2.55 bits per heavy atom. The summed E-state index contributed by atoms with van der Waals surface area (Å²) in [4.78, 5) is 25.5. The number of benzene rings is 1. The monoisotopic (exact) mass is 323 g/mol. The van der Waals surface area contributed by atoms with E-state index in [1.807, 2.05) is 26.8 Å². The Balaban J connectivity index is 2.23. The molecule has 1 aliphatic rings. The van der Waals surface area contributed by atoms with Gasteiger partial charge in [0.2, 0.25) is 0 Å². The number of likely N-dealkylation sites (tertiary alicyclic amines) is 1. The topological polar surface area (TPSA) is 57.6 Å². The van der Waals surface area contributed by atoms with Crippen LogP contribution in [-0.4, -0.2) is 34.5 Å². The molecule has 1 amide bonds. The second-order valence-electron chi connectivity index (χ2n) is 6.31. The smallest absolute Gasteiger partial charge is 0.308 e. The Labute approximate surface area is 136 Å². The molecule has 1 aliphatic heterocycles. The molecule has 0 saturated carbocycles. The van der Waals surface area contributed by atoms with Gasteiger partial charge in [-0.3, -0.25) is 9.59 Å². The summed E-state index contributed by atoms with van der Waals surface area (Å²) in [5.74, 6) is -1.17. The number of amides is 1. The number of piperidine rings is 1. The SMILES string of the molecule is CC(C)c1ccc(C(=O)N2CC(C(=O)O)CCC2C)cc1Cl. The van der Waals surface area contributed by atoms with E-state index in [4.69, 9.17) is 11.6 Å². The number of carbonyl (C=O) groups is 2. The van der Waals surface area contributed by atoms with E-state index >= 15 is 0 Å². The molecular weight excluding hydrogens is 302 g/mol. The summed E-state index contributed by atoms with van der Waals surface area (Å²) in [5, 5.41) is 9.76. The highest BCUT2D eigenvalue weighted by atomic mass is 35.5. The molecule has 4 nitrogen and oxygen atoms in total. The number of carbonyl (C=O) groups excluding carboxylic acids is 1. The molecule has 1 fully saturated rings. The molecule has 22 heavy (non-hydrogen) atoms. The molecule has 1 aromatic carbocycles. The Morgan fingerprint density at radius 1 is 1.32 bits per heavy atom. The second kappa shape index (κ2) is 6.69. The fraction of sp³-hybridized carbons (Fsp3) is 0.529. The Kier molecular flexibility index (Phi) is 5.12. The first-order chi connectivity index (χ1) is 10.3. The van der Waals surface area contributed by atoms with Crippen LogP contribution in [0.1, 0.15) is 55.5 Å². The summed E-state index contributed by atoms with van der Waals surface area (Å²) in [6.45, 7) is 6.32. The van der Waals surface area contributed by atoms with E-state index in [1.165, 1.54) is 0 Å². The van der Waals surface area contributed by atoms with Crippen molar-refractivity contribution in [3.8, 4) is 0 Å². The first-order valence-electron chi connectivity index (χ1n) is 7.64. The highest BCUT2D eigenvalue weighted by Crippen LogP contribution is 2.28. The molecule has 1 heterocycles. The van der Waals surface area contributed by atoms with E-state index in [2.05, 4.69) is 0 Å². The first-order valence-corrected chi connectivity index (χ1v) is 8.02. The molecule has 2 unspecified atom stereocenters. The van der Waals surface area contributed by atoms with Crippen LogP contribution in [0.15, 0.2) is 18.2 Å². The zero-order valence-corrected chi connectivity index (χ0v) is 13.9. The maximum Gasteiger partial charge on any atom is 0.308 e. The van der Waals surface area contributed by atoms with Crippen molar-refractivity contribution in [1.29, 1.82) is 0 Å². The lowest BCUT2D eigenvalue weighted by Gasteiger charge is -2.36. The molecule has 0 radical (unpaired) electrons. The molecule has 0 bridgehead atoms. The lowest BCUT2D eigenvalue weighted by atomic mass is 9.92. The molecule has 120 valence electrons. The van der Waals surface area contributed by atoms with Crippen molar-refractivity contribution in [3.05, 3.63) is 34.3 Å². The predicted octanol–water partition coefficient (Wildman–Crippen LogP) is 3.79. The summed E-state index contributed by atoms with van der Waals surface area (Å²) >= 11 is 6.26. The second-order valence-corrected chi connectivity index (χ2v) is 6.72. The highest BCUT2D eigenvalue weighted by molar-refractivity contribution is 6.31. The van der Waals surface area contributed by atoms with Crippen LogP contribution in [0.5, 0.6) is 0 Å². The third kappa shape index (κ3) is 3.43. The number of carboxylic acid groups (broad SMARTS) is 1. The molecule has 0 aliphatic carbocycles. The van der Waals surface area contributed by atoms with Crippen molar-refractivity contribution in [2.45, 2.75) is 45.6 Å². The van der Waals surface area contributed by atoms with Gasteiger partial charge in [-0.15, -0.1) is 0 Å². The minimum atomic E-state index is -0.835. The molecule has 0 aromatic heterocycles. The molecule has 0 spiro atoms. The third-order valence-electron chi connectivity index (χ3n) is 4.36. The van der Waals surface area contributed by atoms with Gasteiger partial charge in [0, 0.05) is 23.2 Å². The normalized spacial score (nSPS) is 22.0. The van der Waals surface area contributed by atoms with Gasteiger partial charge < -0.3 is 10.0 Å². The Hall–Kier alpha value is -1.55. The summed E-state index contributed by atoms with van der Waals surface area (Å²) in [6.07, 6.45) is 1.33. The zero-order valence-electron chi connectivity index (χ0n) is 13.2. The fourth-order valence-corrected chi connectivity index (χ4v) is 3.28. The quantitative estimate of drug-likeness (QED) is 0.920. The van der Waals surface area contributed by atoms with Gasteiger partial charge in [-0.05, 0) is 43.4 Å². The van der Waals surface area contributed by atoms with Crippen LogP contribution >= 0.6 is 11.6 Å². The maximum absolute atomic E-state index is 12.7. The van der Waals surface area contributed by atoms with Crippen LogP contribution in [0, 0.1) is 5.92 Å². The van der Waals surface area contributed by atoms with E-state index in [1.54, 1.807) is 17.0 Å². The van der Waals surface area contributed by atoms with E-state index in [9.17, 15) is 14.7 Å². The molecule has 2 rings (SSSR count). The number of aliphatic carboxylic acids is 1. The summed E-state index contributed by atoms with van der Waals surface area (Å²) in [7, 11) is 0. The van der Waals surface area contributed by atoms with Crippen molar-refractivity contribution in [1.82, 2.24) is 4.90 Å². The number of halogens is 1. The largest absolute Gasteiger partial charge is 0.481 e. The summed E-state index contributed by atoms with van der Waals surface area (Å²) in [6, 6.07) is 5.40. The maximum atomic E-state index is 12.7. The standard InChI is InChI=1S/C17H22ClNO3/c1-10(2)14-7-6-12(8-15(14)18)16(20)19-9-13(17(21)22)5-4-11(19)3/h6-8,10-11,13H,4-5,9H2,1-3H3,(H,21,22). The minimum absolute atomic E-state index is 0.0478. The van der Waals surface area contributed by atoms with Gasteiger partial charge in [-0.2, -0.15) is 0 Å².